The van der Waals surface area contributed by atoms with Gasteiger partial charge >= 0.3 is 0 Å². The van der Waals surface area contributed by atoms with E-state index in [9.17, 15) is 24.9 Å². The first-order valence-corrected chi connectivity index (χ1v) is 12.3. The Labute approximate surface area is 204 Å². The summed E-state index contributed by atoms with van der Waals surface area (Å²) in [4.78, 5) is 27.2. The van der Waals surface area contributed by atoms with Crippen LogP contribution in [0.1, 0.15) is 93.3 Å². The molecule has 5 N–H and O–H groups in total. The number of carbonyl (C=O) groups excluding carboxylic acids is 2. The number of ketones is 2. The van der Waals surface area contributed by atoms with E-state index < -0.39 is 23.9 Å². The van der Waals surface area contributed by atoms with Crippen molar-refractivity contribution in [1.29, 1.82) is 0 Å². The first-order valence-electron chi connectivity index (χ1n) is 12.3. The monoisotopic (exact) mass is 479 g/mol. The van der Waals surface area contributed by atoms with Crippen molar-refractivity contribution in [3.8, 4) is 5.75 Å². The highest BCUT2D eigenvalue weighted by Crippen LogP contribution is 2.49. The number of rotatable bonds is 2. The third-order valence-corrected chi connectivity index (χ3v) is 8.15. The molecule has 4 unspecified atom stereocenters. The zero-order valence-electron chi connectivity index (χ0n) is 20.6. The number of nitrogens with two attached hydrogens (primary N) is 1. The van der Waals surface area contributed by atoms with Crippen LogP contribution in [0.4, 0.5) is 0 Å². The molecule has 35 heavy (non-hydrogen) atoms. The van der Waals surface area contributed by atoms with Crippen LogP contribution in [-0.4, -0.2) is 50.7 Å². The summed E-state index contributed by atoms with van der Waals surface area (Å²) in [6.45, 7) is 7.19. The summed E-state index contributed by atoms with van der Waals surface area (Å²) >= 11 is 0. The number of aliphatic hydroxyl groups excluding tert-OH is 1. The molecule has 0 aromatic heterocycles. The van der Waals surface area contributed by atoms with Gasteiger partial charge in [0.1, 0.15) is 5.75 Å². The fourth-order valence-corrected chi connectivity index (χ4v) is 6.36. The molecule has 0 radical (unpaired) electrons. The third kappa shape index (κ3) is 3.73. The lowest BCUT2D eigenvalue weighted by atomic mass is 9.71. The molecule has 3 aliphatic carbocycles. The van der Waals surface area contributed by atoms with Crippen LogP contribution >= 0.6 is 0 Å². The van der Waals surface area contributed by atoms with E-state index in [0.29, 0.717) is 46.2 Å². The summed E-state index contributed by atoms with van der Waals surface area (Å²) in [5.74, 6) is -0.951. The number of benzene rings is 2. The van der Waals surface area contributed by atoms with E-state index in [1.807, 2.05) is 6.92 Å². The lowest BCUT2D eigenvalue weighted by molar-refractivity contribution is -0.105. The van der Waals surface area contributed by atoms with Crippen molar-refractivity contribution in [3.63, 3.8) is 0 Å². The summed E-state index contributed by atoms with van der Waals surface area (Å²) in [5, 5.41) is 32.9. The molecule has 3 aliphatic rings. The lowest BCUT2D eigenvalue weighted by Gasteiger charge is -2.42. The first kappa shape index (κ1) is 24.1. The van der Waals surface area contributed by atoms with Crippen molar-refractivity contribution in [2.24, 2.45) is 11.7 Å². The largest absolute Gasteiger partial charge is 0.507 e. The van der Waals surface area contributed by atoms with Crippen molar-refractivity contribution >= 4 is 11.6 Å². The van der Waals surface area contributed by atoms with Crippen LogP contribution in [0.15, 0.2) is 18.2 Å². The minimum absolute atomic E-state index is 0.0207. The van der Waals surface area contributed by atoms with Crippen molar-refractivity contribution in [2.45, 2.75) is 83.3 Å². The number of fused-ring (bicyclic) bond motifs is 3. The zero-order valence-corrected chi connectivity index (χ0v) is 20.6. The maximum absolute atomic E-state index is 13.6. The van der Waals surface area contributed by atoms with Crippen molar-refractivity contribution in [3.05, 3.63) is 62.7 Å². The molecule has 0 amide bonds. The molecule has 0 aliphatic heterocycles. The normalized spacial score (nSPS) is 32.1. The maximum atomic E-state index is 13.6. The number of carbonyl (C=O) groups is 2. The molecule has 1 saturated carbocycles. The van der Waals surface area contributed by atoms with Crippen LogP contribution in [-0.2, 0) is 11.2 Å². The van der Waals surface area contributed by atoms with Crippen LogP contribution in [0.25, 0.3) is 0 Å². The van der Waals surface area contributed by atoms with Gasteiger partial charge in [0.15, 0.2) is 11.6 Å². The quantitative estimate of drug-likeness (QED) is 0.444. The highest BCUT2D eigenvalue weighted by molar-refractivity contribution is 6.30. The van der Waals surface area contributed by atoms with Crippen LogP contribution in [0.5, 0.6) is 5.75 Å². The Balaban J connectivity index is 1.65. The second-order valence-electron chi connectivity index (χ2n) is 11.0. The second kappa shape index (κ2) is 8.23. The topological polar surface area (TPSA) is 130 Å². The number of hydrogen-bond acceptors (Lipinski definition) is 7. The molecular formula is C28H33NO6. The molecular weight excluding hydrogens is 446 g/mol. The van der Waals surface area contributed by atoms with Crippen molar-refractivity contribution in [1.82, 2.24) is 0 Å². The Hall–Kier alpha value is -2.58. The Morgan fingerprint density at radius 3 is 2.49 bits per heavy atom. The number of ether oxygens (including phenoxy) is 1. The predicted molar refractivity (Wildman–Crippen MR) is 130 cm³/mol. The molecule has 5 rings (SSSR count). The fourth-order valence-electron chi connectivity index (χ4n) is 6.36. The van der Waals surface area contributed by atoms with E-state index in [1.165, 1.54) is 0 Å². The van der Waals surface area contributed by atoms with Gasteiger partial charge in [-0.15, -0.1) is 0 Å². The standard InChI is InChI=1S/C28H33NO6/c1-12-6-5-7-16-20(12)26(32)23-21(25(16)31)14(3)17-10-28(4,34)11-19(22(17)27(23)33)35-15-8-13(2)24(30)18(29)9-15/h5-7,13,15,18-19,24,30,33-34H,8-11,29H2,1-4H3/t13?,15?,18?,19-,24?,28-/m0/s1. The van der Waals surface area contributed by atoms with Crippen molar-refractivity contribution in [2.75, 3.05) is 0 Å². The van der Waals surface area contributed by atoms with E-state index in [2.05, 4.69) is 0 Å². The van der Waals surface area contributed by atoms with E-state index in [1.54, 1.807) is 39.0 Å². The number of aliphatic hydroxyl groups is 2. The molecule has 2 aromatic rings. The molecule has 0 spiro atoms. The van der Waals surface area contributed by atoms with Gasteiger partial charge in [-0.3, -0.25) is 9.59 Å². The molecule has 0 heterocycles. The van der Waals surface area contributed by atoms with Crippen LogP contribution in [0, 0.1) is 19.8 Å². The molecule has 0 bridgehead atoms. The predicted octanol–water partition coefficient (Wildman–Crippen LogP) is 3.03. The number of aryl methyl sites for hydroxylation is 1. The van der Waals surface area contributed by atoms with Gasteiger partial charge in [0, 0.05) is 41.1 Å². The molecule has 1 fully saturated rings. The van der Waals surface area contributed by atoms with Gasteiger partial charge in [0.05, 0.1) is 29.5 Å². The van der Waals surface area contributed by atoms with Gasteiger partial charge < -0.3 is 25.8 Å². The average molecular weight is 480 g/mol. The number of aromatic hydroxyl groups is 1. The van der Waals surface area contributed by atoms with Gasteiger partial charge in [-0.25, -0.2) is 0 Å². The minimum atomic E-state index is -1.12. The molecule has 6 atom stereocenters. The number of phenols is 1. The molecule has 7 nitrogen and oxygen atoms in total. The van der Waals surface area contributed by atoms with E-state index >= 15 is 0 Å². The molecule has 7 heteroatoms. The minimum Gasteiger partial charge on any atom is -0.507 e. The highest BCUT2D eigenvalue weighted by atomic mass is 16.5. The van der Waals surface area contributed by atoms with Crippen LogP contribution in [0.2, 0.25) is 0 Å². The number of phenolic OH excluding ortho intramolecular Hbond substituents is 1. The van der Waals surface area contributed by atoms with Crippen molar-refractivity contribution < 1.29 is 29.6 Å². The van der Waals surface area contributed by atoms with E-state index in [-0.39, 0.29) is 53.3 Å². The maximum Gasteiger partial charge on any atom is 0.198 e. The first-order chi connectivity index (χ1) is 16.4. The molecule has 0 saturated heterocycles. The van der Waals surface area contributed by atoms with E-state index in [4.69, 9.17) is 10.5 Å². The summed E-state index contributed by atoms with van der Waals surface area (Å²) in [6, 6.07) is 4.75. The number of hydrogen-bond donors (Lipinski definition) is 4. The Morgan fingerprint density at radius 1 is 1.09 bits per heavy atom. The van der Waals surface area contributed by atoms with Gasteiger partial charge in [0.25, 0.3) is 0 Å². The average Bonchev–Trinajstić information content (AvgIpc) is 2.77. The zero-order chi connectivity index (χ0) is 25.4. The van der Waals surface area contributed by atoms with Gasteiger partial charge in [0.2, 0.25) is 0 Å². The highest BCUT2D eigenvalue weighted by Gasteiger charge is 2.45. The molecule has 2 aromatic carbocycles. The molecule has 186 valence electrons. The van der Waals surface area contributed by atoms with Gasteiger partial charge in [-0.05, 0) is 56.2 Å². The fraction of sp³-hybridized carbons (Fsp3) is 0.500. The second-order valence-corrected chi connectivity index (χ2v) is 11.0. The summed E-state index contributed by atoms with van der Waals surface area (Å²) in [7, 11) is 0. The van der Waals surface area contributed by atoms with E-state index in [0.717, 1.165) is 0 Å². The summed E-state index contributed by atoms with van der Waals surface area (Å²) < 4.78 is 6.46. The Kier molecular flexibility index (Phi) is 5.68. The third-order valence-electron chi connectivity index (χ3n) is 8.15. The smallest absolute Gasteiger partial charge is 0.198 e. The Morgan fingerprint density at radius 2 is 1.80 bits per heavy atom. The van der Waals surface area contributed by atoms with Crippen LogP contribution in [0.3, 0.4) is 0 Å². The SMILES string of the molecule is Cc1cccc2c1C(=O)c1c(O)c3c(c(C)c1C2=O)C[C@](C)(O)C[C@@H]3OC1CC(C)C(O)C(N)C1. The van der Waals surface area contributed by atoms with Crippen LogP contribution < -0.4 is 5.73 Å². The Bertz CT molecular complexity index is 1240. The van der Waals surface area contributed by atoms with Gasteiger partial charge in [-0.2, -0.15) is 0 Å². The summed E-state index contributed by atoms with van der Waals surface area (Å²) in [5.41, 5.74) is 8.29. The lowest BCUT2D eigenvalue weighted by Crippen LogP contribution is -2.48. The van der Waals surface area contributed by atoms with Gasteiger partial charge in [-0.1, -0.05) is 25.1 Å². The summed E-state index contributed by atoms with van der Waals surface area (Å²) in [6.07, 6.45) is -0.0512.